The van der Waals surface area contributed by atoms with Gasteiger partial charge in [-0.15, -0.1) is 0 Å². The van der Waals surface area contributed by atoms with Gasteiger partial charge in [0.1, 0.15) is 5.82 Å². The Morgan fingerprint density at radius 1 is 0.500 bits per heavy atom. The molecule has 0 unspecified atom stereocenters. The zero-order chi connectivity index (χ0) is 26.9. The molecule has 0 saturated heterocycles. The van der Waals surface area contributed by atoms with E-state index in [4.69, 9.17) is 4.98 Å². The predicted molar refractivity (Wildman–Crippen MR) is 168 cm³/mol. The first kappa shape index (κ1) is 32.6. The number of imidazole rings is 1. The summed E-state index contributed by atoms with van der Waals surface area (Å²) in [6.45, 7) is 5.75. The van der Waals surface area contributed by atoms with Gasteiger partial charge in [-0.2, -0.15) is 0 Å². The molecule has 0 bridgehead atoms. The molecule has 2 aromatic rings. The summed E-state index contributed by atoms with van der Waals surface area (Å²) in [6.07, 6.45) is 35.2. The minimum absolute atomic E-state index is 1.10. The van der Waals surface area contributed by atoms with E-state index in [-0.39, 0.29) is 0 Å². The number of aromatic nitrogens is 2. The van der Waals surface area contributed by atoms with Crippen LogP contribution in [0.25, 0.3) is 0 Å². The third-order valence-corrected chi connectivity index (χ3v) is 8.16. The number of benzene rings is 1. The van der Waals surface area contributed by atoms with E-state index in [1.54, 1.807) is 0 Å². The van der Waals surface area contributed by atoms with E-state index in [2.05, 4.69) is 54.9 Å². The smallest absolute Gasteiger partial charge is 0.108 e. The lowest BCUT2D eigenvalue weighted by atomic mass is 10.0. The Morgan fingerprint density at radius 2 is 1.00 bits per heavy atom. The van der Waals surface area contributed by atoms with Gasteiger partial charge in [-0.25, -0.2) is 4.98 Å². The van der Waals surface area contributed by atoms with Crippen molar-refractivity contribution in [2.75, 3.05) is 0 Å². The maximum absolute atomic E-state index is 5.07. The molecule has 1 aromatic carbocycles. The van der Waals surface area contributed by atoms with Crippen LogP contribution in [0, 0.1) is 0 Å². The van der Waals surface area contributed by atoms with Crippen LogP contribution in [0.2, 0.25) is 0 Å². The van der Waals surface area contributed by atoms with Gasteiger partial charge in [-0.3, -0.25) is 0 Å². The summed E-state index contributed by atoms with van der Waals surface area (Å²) in [5.74, 6) is 1.34. The summed E-state index contributed by atoms with van der Waals surface area (Å²) in [4.78, 5) is 5.07. The zero-order valence-corrected chi connectivity index (χ0v) is 25.5. The molecule has 0 saturated carbocycles. The Morgan fingerprint density at radius 3 is 1.55 bits per heavy atom. The number of hydrogen-bond donors (Lipinski definition) is 0. The molecular weight excluding hydrogens is 460 g/mol. The minimum atomic E-state index is 1.10. The predicted octanol–water partition coefficient (Wildman–Crippen LogP) is 11.4. The number of hydrogen-bond acceptors (Lipinski definition) is 1. The second-order valence-corrected chi connectivity index (χ2v) is 11.8. The van der Waals surface area contributed by atoms with Crippen molar-refractivity contribution in [3.63, 3.8) is 0 Å². The molecular formula is C36H62N2. The van der Waals surface area contributed by atoms with Gasteiger partial charge in [-0.1, -0.05) is 160 Å². The third kappa shape index (κ3) is 16.4. The van der Waals surface area contributed by atoms with E-state index >= 15 is 0 Å². The van der Waals surface area contributed by atoms with Crippen molar-refractivity contribution < 1.29 is 0 Å². The average Bonchev–Trinajstić information content (AvgIpc) is 3.32. The monoisotopic (exact) mass is 522 g/mol. The van der Waals surface area contributed by atoms with E-state index in [0.29, 0.717) is 0 Å². The van der Waals surface area contributed by atoms with Crippen LogP contribution in [0.3, 0.4) is 0 Å². The fourth-order valence-electron chi connectivity index (χ4n) is 5.69. The van der Waals surface area contributed by atoms with Crippen molar-refractivity contribution in [3.05, 3.63) is 53.6 Å². The molecule has 0 aliphatic heterocycles. The van der Waals surface area contributed by atoms with Crippen molar-refractivity contribution in [2.45, 2.75) is 174 Å². The van der Waals surface area contributed by atoms with Crippen molar-refractivity contribution in [1.29, 1.82) is 0 Å². The molecule has 0 aliphatic carbocycles. The first-order valence-electron chi connectivity index (χ1n) is 16.9. The van der Waals surface area contributed by atoms with Gasteiger partial charge in [0.25, 0.3) is 0 Å². The van der Waals surface area contributed by atoms with Gasteiger partial charge in [-0.05, 0) is 37.7 Å². The van der Waals surface area contributed by atoms with Crippen molar-refractivity contribution in [2.24, 2.45) is 0 Å². The zero-order valence-electron chi connectivity index (χ0n) is 25.5. The number of unbranched alkanes of at least 4 members (excludes halogenated alkanes) is 18. The standard InChI is InChI=1S/C36H62N2/c1-3-5-7-8-9-10-11-12-13-14-15-16-17-18-19-20-25-32-38-33-35(37-36(38)31-22-6-4-2)30-26-29-34-27-23-21-24-28-34/h21,23-24,27-28,33H,3-20,22,25-26,29-32H2,1-2H3. The fraction of sp³-hybridized carbons (Fsp3) is 0.750. The Kier molecular flexibility index (Phi) is 20.0. The number of nitrogens with zero attached hydrogens (tertiary/aromatic N) is 2. The van der Waals surface area contributed by atoms with Crippen LogP contribution in [0.4, 0.5) is 0 Å². The molecule has 0 fully saturated rings. The van der Waals surface area contributed by atoms with Gasteiger partial charge in [0.05, 0.1) is 5.69 Å². The number of aryl methyl sites for hydroxylation is 4. The van der Waals surface area contributed by atoms with Gasteiger partial charge in [0.15, 0.2) is 0 Å². The SMILES string of the molecule is CCCCCCCCCCCCCCCCCCCn1cc(CCCc2ccccc2)nc1CCCCC. The Hall–Kier alpha value is -1.57. The summed E-state index contributed by atoms with van der Waals surface area (Å²) >= 11 is 0. The van der Waals surface area contributed by atoms with Crippen LogP contribution in [0.15, 0.2) is 36.5 Å². The Bertz CT molecular complexity index is 763. The van der Waals surface area contributed by atoms with E-state index in [9.17, 15) is 0 Å². The highest BCUT2D eigenvalue weighted by atomic mass is 15.1. The van der Waals surface area contributed by atoms with Crippen molar-refractivity contribution in [1.82, 2.24) is 9.55 Å². The molecule has 2 heteroatoms. The molecule has 0 amide bonds. The van der Waals surface area contributed by atoms with Gasteiger partial charge in [0.2, 0.25) is 0 Å². The summed E-state index contributed by atoms with van der Waals surface area (Å²) in [5.41, 5.74) is 2.75. The second kappa shape index (κ2) is 23.3. The van der Waals surface area contributed by atoms with Crippen LogP contribution in [0.1, 0.15) is 166 Å². The maximum Gasteiger partial charge on any atom is 0.108 e. The topological polar surface area (TPSA) is 17.8 Å². The Labute approximate surface area is 237 Å². The largest absolute Gasteiger partial charge is 0.335 e. The highest BCUT2D eigenvalue weighted by Gasteiger charge is 2.08. The quantitative estimate of drug-likeness (QED) is 0.112. The maximum atomic E-state index is 5.07. The van der Waals surface area contributed by atoms with Gasteiger partial charge < -0.3 is 4.57 Å². The fourth-order valence-corrected chi connectivity index (χ4v) is 5.69. The van der Waals surface area contributed by atoms with Crippen molar-refractivity contribution >= 4 is 0 Å². The minimum Gasteiger partial charge on any atom is -0.335 e. The molecule has 1 heterocycles. The molecule has 216 valence electrons. The van der Waals surface area contributed by atoms with E-state index in [0.717, 1.165) is 25.8 Å². The summed E-state index contributed by atoms with van der Waals surface area (Å²) in [7, 11) is 0. The summed E-state index contributed by atoms with van der Waals surface area (Å²) < 4.78 is 2.50. The van der Waals surface area contributed by atoms with E-state index in [1.165, 1.54) is 152 Å². The van der Waals surface area contributed by atoms with Crippen LogP contribution >= 0.6 is 0 Å². The first-order valence-corrected chi connectivity index (χ1v) is 16.9. The molecule has 0 atom stereocenters. The second-order valence-electron chi connectivity index (χ2n) is 11.8. The lowest BCUT2D eigenvalue weighted by Crippen LogP contribution is -2.03. The molecule has 2 rings (SSSR count). The van der Waals surface area contributed by atoms with E-state index < -0.39 is 0 Å². The van der Waals surface area contributed by atoms with Gasteiger partial charge in [0, 0.05) is 19.2 Å². The molecule has 2 nitrogen and oxygen atoms in total. The summed E-state index contributed by atoms with van der Waals surface area (Å²) in [6, 6.07) is 10.9. The lowest BCUT2D eigenvalue weighted by Gasteiger charge is -2.08. The van der Waals surface area contributed by atoms with E-state index in [1.807, 2.05) is 0 Å². The van der Waals surface area contributed by atoms with Crippen LogP contribution in [-0.4, -0.2) is 9.55 Å². The third-order valence-electron chi connectivity index (χ3n) is 8.16. The molecule has 1 aromatic heterocycles. The normalized spacial score (nSPS) is 11.4. The molecule has 0 aliphatic rings. The van der Waals surface area contributed by atoms with Crippen LogP contribution in [0.5, 0.6) is 0 Å². The van der Waals surface area contributed by atoms with Crippen LogP contribution in [-0.2, 0) is 25.8 Å². The molecule has 0 radical (unpaired) electrons. The van der Waals surface area contributed by atoms with Crippen LogP contribution < -0.4 is 0 Å². The van der Waals surface area contributed by atoms with Gasteiger partial charge >= 0.3 is 0 Å². The summed E-state index contributed by atoms with van der Waals surface area (Å²) in [5, 5.41) is 0. The average molecular weight is 523 g/mol. The molecule has 0 spiro atoms. The first-order chi connectivity index (χ1) is 18.8. The molecule has 38 heavy (non-hydrogen) atoms. The van der Waals surface area contributed by atoms with Crippen molar-refractivity contribution in [3.8, 4) is 0 Å². The highest BCUT2D eigenvalue weighted by Crippen LogP contribution is 2.16. The highest BCUT2D eigenvalue weighted by molar-refractivity contribution is 5.15. The lowest BCUT2D eigenvalue weighted by molar-refractivity contribution is 0.515. The molecule has 0 N–H and O–H groups in total. The number of rotatable bonds is 26. The Balaban J connectivity index is 1.50.